The second-order valence-corrected chi connectivity index (χ2v) is 4.46. The van der Waals surface area contributed by atoms with Crippen molar-refractivity contribution >= 4 is 17.2 Å². The largest absolute Gasteiger partial charge is 0.494 e. The predicted octanol–water partition coefficient (Wildman–Crippen LogP) is 3.65. The van der Waals surface area contributed by atoms with E-state index in [0.29, 0.717) is 17.9 Å². The smallest absolute Gasteiger partial charge is 0.166 e. The molecule has 2 N–H and O–H groups in total. The van der Waals surface area contributed by atoms with Gasteiger partial charge in [-0.15, -0.1) is 0 Å². The highest BCUT2D eigenvalue weighted by Crippen LogP contribution is 2.26. The molecule has 0 radical (unpaired) electrons. The number of halogens is 1. The maximum Gasteiger partial charge on any atom is 0.166 e. The quantitative estimate of drug-likeness (QED) is 0.854. The topological polar surface area (TPSA) is 44.5 Å². The first-order valence-electron chi connectivity index (χ1n) is 6.10. The Morgan fingerprint density at radius 1 is 1.15 bits per heavy atom. The molecule has 0 amide bonds. The van der Waals surface area contributed by atoms with Crippen molar-refractivity contribution in [3.63, 3.8) is 0 Å². The third kappa shape index (κ3) is 3.45. The van der Waals surface area contributed by atoms with E-state index in [1.807, 2.05) is 6.92 Å². The van der Waals surface area contributed by atoms with Crippen molar-refractivity contribution in [1.29, 1.82) is 0 Å². The molecule has 0 saturated carbocycles. The lowest BCUT2D eigenvalue weighted by atomic mass is 10.2. The average Bonchev–Trinajstić information content (AvgIpc) is 2.43. The molecule has 2 rings (SSSR count). The second kappa shape index (κ2) is 6.34. The molecule has 0 spiro atoms. The normalized spacial score (nSPS) is 10.1. The molecule has 20 heavy (non-hydrogen) atoms. The van der Waals surface area contributed by atoms with Gasteiger partial charge in [0.2, 0.25) is 0 Å². The number of nitrogens with two attached hydrogens (primary N) is 1. The van der Waals surface area contributed by atoms with Crippen LogP contribution in [0.1, 0.15) is 12.5 Å². The van der Waals surface area contributed by atoms with Crippen LogP contribution in [0.4, 0.5) is 4.39 Å². The first-order valence-corrected chi connectivity index (χ1v) is 6.51. The molecule has 0 fully saturated rings. The molecule has 0 aliphatic carbocycles. The van der Waals surface area contributed by atoms with Gasteiger partial charge in [0.15, 0.2) is 11.6 Å². The summed E-state index contributed by atoms with van der Waals surface area (Å²) in [5.41, 5.74) is 5.91. The zero-order valence-corrected chi connectivity index (χ0v) is 11.7. The van der Waals surface area contributed by atoms with Crippen LogP contribution in [-0.2, 0) is 0 Å². The molecule has 5 heteroatoms. The Morgan fingerprint density at radius 2 is 1.80 bits per heavy atom. The molecule has 104 valence electrons. The van der Waals surface area contributed by atoms with E-state index in [2.05, 4.69) is 0 Å². The number of hydrogen-bond donors (Lipinski definition) is 1. The Kier molecular flexibility index (Phi) is 4.53. The standard InChI is InChI=1S/C15H14FNO2S/c1-2-18-11-4-6-12(7-5-11)19-14-8-3-10(15(17)20)9-13(14)16/h3-9H,2H2,1H3,(H2,17,20). The van der Waals surface area contributed by atoms with Crippen molar-refractivity contribution in [3.05, 3.63) is 53.8 Å². The SMILES string of the molecule is CCOc1ccc(Oc2ccc(C(N)=S)cc2F)cc1. The molecular weight excluding hydrogens is 277 g/mol. The number of benzene rings is 2. The summed E-state index contributed by atoms with van der Waals surface area (Å²) >= 11 is 4.79. The Bertz CT molecular complexity index is 614. The summed E-state index contributed by atoms with van der Waals surface area (Å²) in [4.78, 5) is 0.150. The molecular formula is C15H14FNO2S. The minimum Gasteiger partial charge on any atom is -0.494 e. The number of rotatable bonds is 5. The van der Waals surface area contributed by atoms with E-state index in [1.54, 1.807) is 30.3 Å². The Balaban J connectivity index is 2.15. The van der Waals surface area contributed by atoms with Gasteiger partial charge >= 0.3 is 0 Å². The molecule has 0 bridgehead atoms. The molecule has 0 atom stereocenters. The highest BCUT2D eigenvalue weighted by Gasteiger charge is 2.07. The molecule has 0 aliphatic rings. The summed E-state index contributed by atoms with van der Waals surface area (Å²) < 4.78 is 24.6. The van der Waals surface area contributed by atoms with Crippen LogP contribution in [0.3, 0.4) is 0 Å². The molecule has 0 saturated heterocycles. The van der Waals surface area contributed by atoms with E-state index in [0.717, 1.165) is 5.75 Å². The highest BCUT2D eigenvalue weighted by molar-refractivity contribution is 7.80. The van der Waals surface area contributed by atoms with Crippen molar-refractivity contribution in [2.75, 3.05) is 6.61 Å². The molecule has 2 aromatic rings. The molecule has 3 nitrogen and oxygen atoms in total. The van der Waals surface area contributed by atoms with Crippen LogP contribution in [0.2, 0.25) is 0 Å². The van der Waals surface area contributed by atoms with Crippen molar-refractivity contribution in [1.82, 2.24) is 0 Å². The molecule has 0 heterocycles. The number of ether oxygens (including phenoxy) is 2. The summed E-state index contributed by atoms with van der Waals surface area (Å²) in [6, 6.07) is 11.3. The van der Waals surface area contributed by atoms with Gasteiger partial charge in [-0.05, 0) is 49.4 Å². The summed E-state index contributed by atoms with van der Waals surface area (Å²) in [6.45, 7) is 2.50. The zero-order valence-electron chi connectivity index (χ0n) is 10.9. The van der Waals surface area contributed by atoms with E-state index in [1.165, 1.54) is 12.1 Å². The van der Waals surface area contributed by atoms with Gasteiger partial charge in [-0.2, -0.15) is 0 Å². The minimum atomic E-state index is -0.510. The maximum atomic E-state index is 13.8. The van der Waals surface area contributed by atoms with E-state index >= 15 is 0 Å². The van der Waals surface area contributed by atoms with Crippen LogP contribution in [-0.4, -0.2) is 11.6 Å². The van der Waals surface area contributed by atoms with Crippen LogP contribution in [0.25, 0.3) is 0 Å². The fourth-order valence-corrected chi connectivity index (χ4v) is 1.76. The third-order valence-corrected chi connectivity index (χ3v) is 2.81. The molecule has 0 aliphatic heterocycles. The molecule has 0 unspecified atom stereocenters. The van der Waals surface area contributed by atoms with Gasteiger partial charge in [-0.25, -0.2) is 4.39 Å². The Labute approximate surface area is 122 Å². The summed E-state index contributed by atoms with van der Waals surface area (Å²) in [5, 5.41) is 0. The van der Waals surface area contributed by atoms with Crippen molar-refractivity contribution < 1.29 is 13.9 Å². The van der Waals surface area contributed by atoms with Gasteiger partial charge in [0.1, 0.15) is 16.5 Å². The lowest BCUT2D eigenvalue weighted by molar-refractivity contribution is 0.339. The van der Waals surface area contributed by atoms with Gasteiger partial charge in [0.25, 0.3) is 0 Å². The maximum absolute atomic E-state index is 13.8. The first kappa shape index (κ1) is 14.3. The highest BCUT2D eigenvalue weighted by atomic mass is 32.1. The van der Waals surface area contributed by atoms with E-state index in [-0.39, 0.29) is 10.7 Å². The molecule has 2 aromatic carbocycles. The number of thiocarbonyl (C=S) groups is 1. The van der Waals surface area contributed by atoms with Gasteiger partial charge in [0.05, 0.1) is 6.61 Å². The second-order valence-electron chi connectivity index (χ2n) is 4.02. The molecule has 0 aromatic heterocycles. The van der Waals surface area contributed by atoms with Crippen LogP contribution >= 0.6 is 12.2 Å². The monoisotopic (exact) mass is 291 g/mol. The lowest BCUT2D eigenvalue weighted by Gasteiger charge is -2.09. The van der Waals surface area contributed by atoms with Crippen LogP contribution in [0.5, 0.6) is 17.2 Å². The lowest BCUT2D eigenvalue weighted by Crippen LogP contribution is -2.09. The van der Waals surface area contributed by atoms with Gasteiger partial charge in [-0.3, -0.25) is 0 Å². The Morgan fingerprint density at radius 3 is 2.35 bits per heavy atom. The van der Waals surface area contributed by atoms with Crippen LogP contribution < -0.4 is 15.2 Å². The van der Waals surface area contributed by atoms with Gasteiger partial charge in [0, 0.05) is 5.56 Å². The average molecular weight is 291 g/mol. The third-order valence-electron chi connectivity index (χ3n) is 2.58. The van der Waals surface area contributed by atoms with Crippen LogP contribution in [0, 0.1) is 5.82 Å². The fourth-order valence-electron chi connectivity index (χ4n) is 1.63. The number of hydrogen-bond acceptors (Lipinski definition) is 3. The Hall–Kier alpha value is -2.14. The zero-order chi connectivity index (χ0) is 14.5. The summed E-state index contributed by atoms with van der Waals surface area (Å²) in [5.74, 6) is 0.873. The first-order chi connectivity index (χ1) is 9.60. The summed E-state index contributed by atoms with van der Waals surface area (Å²) in [7, 11) is 0. The van der Waals surface area contributed by atoms with E-state index < -0.39 is 5.82 Å². The van der Waals surface area contributed by atoms with Crippen molar-refractivity contribution in [2.24, 2.45) is 5.73 Å². The van der Waals surface area contributed by atoms with Crippen molar-refractivity contribution in [2.45, 2.75) is 6.92 Å². The summed E-state index contributed by atoms with van der Waals surface area (Å²) in [6.07, 6.45) is 0. The van der Waals surface area contributed by atoms with Gasteiger partial charge in [-0.1, -0.05) is 12.2 Å². The van der Waals surface area contributed by atoms with Crippen LogP contribution in [0.15, 0.2) is 42.5 Å². The van der Waals surface area contributed by atoms with E-state index in [9.17, 15) is 4.39 Å². The predicted molar refractivity (Wildman–Crippen MR) is 80.0 cm³/mol. The minimum absolute atomic E-state index is 0.120. The van der Waals surface area contributed by atoms with Gasteiger partial charge < -0.3 is 15.2 Å². The van der Waals surface area contributed by atoms with Crippen molar-refractivity contribution in [3.8, 4) is 17.2 Å². The fraction of sp³-hybridized carbons (Fsp3) is 0.133. The van der Waals surface area contributed by atoms with E-state index in [4.69, 9.17) is 27.4 Å².